The number of rotatable bonds is 4. The van der Waals surface area contributed by atoms with Crippen molar-refractivity contribution in [1.29, 1.82) is 0 Å². The SMILES string of the molecule is CC(NS(=O)(=O)c1cccc(F)c1)c1cccs1. The summed E-state index contributed by atoms with van der Waals surface area (Å²) in [7, 11) is -3.69. The van der Waals surface area contributed by atoms with Crippen molar-refractivity contribution in [3.05, 3.63) is 52.5 Å². The largest absolute Gasteiger partial charge is 0.241 e. The number of hydrogen-bond donors (Lipinski definition) is 1. The maximum absolute atomic E-state index is 13.0. The number of halogens is 1. The molecule has 0 saturated carbocycles. The van der Waals surface area contributed by atoms with E-state index in [1.807, 2.05) is 17.5 Å². The summed E-state index contributed by atoms with van der Waals surface area (Å²) in [4.78, 5) is 0.848. The Balaban J connectivity index is 2.22. The minimum atomic E-state index is -3.69. The average Bonchev–Trinajstić information content (AvgIpc) is 2.82. The van der Waals surface area contributed by atoms with E-state index < -0.39 is 15.8 Å². The molecule has 0 saturated heterocycles. The summed E-state index contributed by atoms with van der Waals surface area (Å²) in [5.41, 5.74) is 0. The molecule has 0 amide bonds. The van der Waals surface area contributed by atoms with Crippen LogP contribution in [0.3, 0.4) is 0 Å². The van der Waals surface area contributed by atoms with Crippen LogP contribution < -0.4 is 4.72 Å². The van der Waals surface area contributed by atoms with Gasteiger partial charge in [-0.1, -0.05) is 12.1 Å². The van der Waals surface area contributed by atoms with Gasteiger partial charge >= 0.3 is 0 Å². The van der Waals surface area contributed by atoms with Gasteiger partial charge in [0.1, 0.15) is 5.82 Å². The van der Waals surface area contributed by atoms with Gasteiger partial charge in [0.2, 0.25) is 10.0 Å². The number of nitrogens with one attached hydrogen (secondary N) is 1. The van der Waals surface area contributed by atoms with E-state index >= 15 is 0 Å². The van der Waals surface area contributed by atoms with Crippen molar-refractivity contribution in [2.75, 3.05) is 0 Å². The molecular formula is C12H12FNO2S2. The Morgan fingerprint density at radius 1 is 1.28 bits per heavy atom. The predicted octanol–water partition coefficient (Wildman–Crippen LogP) is 2.93. The van der Waals surface area contributed by atoms with Crippen LogP contribution in [0.2, 0.25) is 0 Å². The third kappa shape index (κ3) is 2.95. The van der Waals surface area contributed by atoms with Crippen LogP contribution in [0, 0.1) is 5.82 Å². The molecule has 1 N–H and O–H groups in total. The first-order valence-corrected chi connectivity index (χ1v) is 7.66. The second kappa shape index (κ2) is 5.17. The summed E-state index contributed by atoms with van der Waals surface area (Å²) >= 11 is 1.47. The van der Waals surface area contributed by atoms with E-state index in [-0.39, 0.29) is 10.9 Å². The molecule has 1 aromatic carbocycles. The van der Waals surface area contributed by atoms with Gasteiger partial charge in [-0.3, -0.25) is 0 Å². The number of sulfonamides is 1. The molecule has 0 fully saturated rings. The highest BCUT2D eigenvalue weighted by Gasteiger charge is 2.19. The highest BCUT2D eigenvalue weighted by molar-refractivity contribution is 7.89. The van der Waals surface area contributed by atoms with E-state index in [1.54, 1.807) is 6.92 Å². The van der Waals surface area contributed by atoms with Crippen molar-refractivity contribution in [3.8, 4) is 0 Å². The topological polar surface area (TPSA) is 46.2 Å². The molecule has 0 bridgehead atoms. The van der Waals surface area contributed by atoms with Crippen LogP contribution >= 0.6 is 11.3 Å². The Bertz CT molecular complexity index is 623. The van der Waals surface area contributed by atoms with Crippen LogP contribution in [0.4, 0.5) is 4.39 Å². The maximum Gasteiger partial charge on any atom is 0.241 e. The zero-order valence-corrected chi connectivity index (χ0v) is 11.3. The lowest BCUT2D eigenvalue weighted by atomic mass is 10.3. The first-order chi connectivity index (χ1) is 8.49. The molecular weight excluding hydrogens is 273 g/mol. The van der Waals surface area contributed by atoms with E-state index in [4.69, 9.17) is 0 Å². The van der Waals surface area contributed by atoms with Crippen LogP contribution in [0.15, 0.2) is 46.7 Å². The summed E-state index contributed by atoms with van der Waals surface area (Å²) in [6.45, 7) is 1.75. The van der Waals surface area contributed by atoms with Crippen molar-refractivity contribution in [3.63, 3.8) is 0 Å². The molecule has 0 aliphatic heterocycles. The molecule has 6 heteroatoms. The van der Waals surface area contributed by atoms with Gasteiger partial charge < -0.3 is 0 Å². The second-order valence-electron chi connectivity index (χ2n) is 3.82. The summed E-state index contributed by atoms with van der Waals surface area (Å²) in [5.74, 6) is -0.568. The molecule has 0 radical (unpaired) electrons. The smallest absolute Gasteiger partial charge is 0.207 e. The standard InChI is InChI=1S/C12H12FNO2S2/c1-9(12-6-3-7-17-12)14-18(15,16)11-5-2-4-10(13)8-11/h2-9,14H,1H3. The number of thiophene rings is 1. The van der Waals surface area contributed by atoms with E-state index in [9.17, 15) is 12.8 Å². The third-order valence-corrected chi connectivity index (χ3v) is 5.00. The summed E-state index contributed by atoms with van der Waals surface area (Å²) < 4.78 is 39.6. The minimum Gasteiger partial charge on any atom is -0.207 e. The molecule has 2 rings (SSSR count). The van der Waals surface area contributed by atoms with Crippen LogP contribution in [-0.2, 0) is 10.0 Å². The van der Waals surface area contributed by atoms with Gasteiger partial charge in [-0.2, -0.15) is 0 Å². The van der Waals surface area contributed by atoms with E-state index in [1.165, 1.54) is 29.5 Å². The summed E-state index contributed by atoms with van der Waals surface area (Å²) in [6, 6.07) is 8.33. The quantitative estimate of drug-likeness (QED) is 0.939. The van der Waals surface area contributed by atoms with Crippen molar-refractivity contribution < 1.29 is 12.8 Å². The minimum absolute atomic E-state index is 0.0640. The number of hydrogen-bond acceptors (Lipinski definition) is 3. The summed E-state index contributed by atoms with van der Waals surface area (Å²) in [5, 5.41) is 1.88. The van der Waals surface area contributed by atoms with Crippen LogP contribution in [-0.4, -0.2) is 8.42 Å². The van der Waals surface area contributed by atoms with Gasteiger partial charge in [0.15, 0.2) is 0 Å². The fourth-order valence-corrected chi connectivity index (χ4v) is 3.59. The highest BCUT2D eigenvalue weighted by Crippen LogP contribution is 2.21. The van der Waals surface area contributed by atoms with Crippen molar-refractivity contribution >= 4 is 21.4 Å². The molecule has 0 aliphatic carbocycles. The van der Waals surface area contributed by atoms with E-state index in [0.717, 1.165) is 10.9 Å². The summed E-state index contributed by atoms with van der Waals surface area (Å²) in [6.07, 6.45) is 0. The molecule has 3 nitrogen and oxygen atoms in total. The van der Waals surface area contributed by atoms with Gasteiger partial charge in [-0.05, 0) is 36.6 Å². The molecule has 1 aromatic heterocycles. The maximum atomic E-state index is 13.0. The lowest BCUT2D eigenvalue weighted by Gasteiger charge is -2.12. The lowest BCUT2D eigenvalue weighted by Crippen LogP contribution is -2.26. The fraction of sp³-hybridized carbons (Fsp3) is 0.167. The molecule has 18 heavy (non-hydrogen) atoms. The fourth-order valence-electron chi connectivity index (χ4n) is 1.53. The van der Waals surface area contributed by atoms with Crippen LogP contribution in [0.1, 0.15) is 17.8 Å². The zero-order chi connectivity index (χ0) is 13.2. The van der Waals surface area contributed by atoms with Crippen LogP contribution in [0.5, 0.6) is 0 Å². The van der Waals surface area contributed by atoms with E-state index in [2.05, 4.69) is 4.72 Å². The van der Waals surface area contributed by atoms with E-state index in [0.29, 0.717) is 0 Å². The Kier molecular flexibility index (Phi) is 3.79. The van der Waals surface area contributed by atoms with Gasteiger partial charge in [0.05, 0.1) is 10.9 Å². The van der Waals surface area contributed by atoms with Crippen molar-refractivity contribution in [2.45, 2.75) is 17.9 Å². The normalized spacial score (nSPS) is 13.4. The van der Waals surface area contributed by atoms with Gasteiger partial charge in [0.25, 0.3) is 0 Å². The molecule has 96 valence electrons. The first kappa shape index (κ1) is 13.2. The van der Waals surface area contributed by atoms with Crippen molar-refractivity contribution in [2.24, 2.45) is 0 Å². The molecule has 1 atom stereocenters. The van der Waals surface area contributed by atoms with Gasteiger partial charge in [0, 0.05) is 4.88 Å². The van der Waals surface area contributed by atoms with Crippen LogP contribution in [0.25, 0.3) is 0 Å². The monoisotopic (exact) mass is 285 g/mol. The zero-order valence-electron chi connectivity index (χ0n) is 9.63. The van der Waals surface area contributed by atoms with Gasteiger partial charge in [-0.25, -0.2) is 17.5 Å². The Hall–Kier alpha value is -1.24. The predicted molar refractivity (Wildman–Crippen MR) is 69.5 cm³/mol. The lowest BCUT2D eigenvalue weighted by molar-refractivity contribution is 0.565. The third-order valence-electron chi connectivity index (χ3n) is 2.41. The number of benzene rings is 1. The molecule has 0 spiro atoms. The molecule has 1 heterocycles. The average molecular weight is 285 g/mol. The van der Waals surface area contributed by atoms with Gasteiger partial charge in [-0.15, -0.1) is 11.3 Å². The Morgan fingerprint density at radius 2 is 2.06 bits per heavy atom. The molecule has 2 aromatic rings. The molecule has 1 unspecified atom stereocenters. The first-order valence-electron chi connectivity index (χ1n) is 5.30. The Morgan fingerprint density at radius 3 is 2.67 bits per heavy atom. The second-order valence-corrected chi connectivity index (χ2v) is 6.51. The Labute approximate surface area is 109 Å². The molecule has 0 aliphatic rings. The highest BCUT2D eigenvalue weighted by atomic mass is 32.2. The van der Waals surface area contributed by atoms with Crippen molar-refractivity contribution in [1.82, 2.24) is 4.72 Å².